The van der Waals surface area contributed by atoms with E-state index in [1.807, 2.05) is 0 Å². The summed E-state index contributed by atoms with van der Waals surface area (Å²) in [7, 11) is 0. The van der Waals surface area contributed by atoms with Crippen LogP contribution < -0.4 is 0 Å². The summed E-state index contributed by atoms with van der Waals surface area (Å²) < 4.78 is 0. The molecule has 0 saturated heterocycles. The van der Waals surface area contributed by atoms with Crippen molar-refractivity contribution >= 4 is 5.97 Å². The van der Waals surface area contributed by atoms with Gasteiger partial charge in [-0.05, 0) is 12.3 Å². The third-order valence-corrected chi connectivity index (χ3v) is 4.80. The van der Waals surface area contributed by atoms with Crippen molar-refractivity contribution in [1.82, 2.24) is 0 Å². The monoisotopic (exact) mass is 312 g/mol. The first-order chi connectivity index (χ1) is 10.7. The number of carbonyl (C=O) groups is 1. The number of carboxylic acids is 1. The largest absolute Gasteiger partial charge is 0.481 e. The summed E-state index contributed by atoms with van der Waals surface area (Å²) in [6.07, 6.45) is 20.1. The molecule has 22 heavy (non-hydrogen) atoms. The van der Waals surface area contributed by atoms with Gasteiger partial charge in [0.05, 0.1) is 0 Å². The van der Waals surface area contributed by atoms with Crippen molar-refractivity contribution in [2.24, 2.45) is 5.92 Å². The lowest BCUT2D eigenvalue weighted by Crippen LogP contribution is -1.99. The molecule has 1 atom stereocenters. The minimum atomic E-state index is -0.653. The fraction of sp³-hybridized carbons (Fsp3) is 0.950. The molecule has 0 rings (SSSR count). The van der Waals surface area contributed by atoms with Crippen molar-refractivity contribution in [1.29, 1.82) is 0 Å². The van der Waals surface area contributed by atoms with E-state index in [1.165, 1.54) is 83.5 Å². The Morgan fingerprint density at radius 2 is 1.18 bits per heavy atom. The fourth-order valence-corrected chi connectivity index (χ4v) is 3.18. The summed E-state index contributed by atoms with van der Waals surface area (Å²) in [4.78, 5) is 10.4. The molecule has 2 nitrogen and oxygen atoms in total. The predicted octanol–water partition coefficient (Wildman–Crippen LogP) is 6.97. The summed E-state index contributed by atoms with van der Waals surface area (Å²) in [5, 5.41) is 8.56. The van der Waals surface area contributed by atoms with E-state index in [9.17, 15) is 4.79 Å². The zero-order valence-corrected chi connectivity index (χ0v) is 15.2. The third-order valence-electron chi connectivity index (χ3n) is 4.80. The molecule has 0 aromatic carbocycles. The van der Waals surface area contributed by atoms with Crippen molar-refractivity contribution in [3.05, 3.63) is 0 Å². The quantitative estimate of drug-likeness (QED) is 0.294. The highest BCUT2D eigenvalue weighted by atomic mass is 16.4. The van der Waals surface area contributed by atoms with Gasteiger partial charge in [0.1, 0.15) is 0 Å². The number of hydrogen-bond donors (Lipinski definition) is 1. The van der Waals surface area contributed by atoms with Gasteiger partial charge >= 0.3 is 5.97 Å². The van der Waals surface area contributed by atoms with E-state index in [1.54, 1.807) is 0 Å². The van der Waals surface area contributed by atoms with Crippen molar-refractivity contribution in [3.8, 4) is 0 Å². The summed E-state index contributed by atoms with van der Waals surface area (Å²) in [6, 6.07) is 0. The van der Waals surface area contributed by atoms with Gasteiger partial charge in [0, 0.05) is 6.42 Å². The topological polar surface area (TPSA) is 37.3 Å². The Hall–Kier alpha value is -0.530. The SMILES string of the molecule is CCCCCCC(CC)CCCCCCCCCCC(=O)O. The van der Waals surface area contributed by atoms with Crippen LogP contribution in [0.15, 0.2) is 0 Å². The molecule has 1 unspecified atom stereocenters. The molecule has 0 saturated carbocycles. The van der Waals surface area contributed by atoms with Crippen LogP contribution >= 0.6 is 0 Å². The lowest BCUT2D eigenvalue weighted by Gasteiger charge is -2.14. The van der Waals surface area contributed by atoms with Crippen LogP contribution in [-0.4, -0.2) is 11.1 Å². The summed E-state index contributed by atoms with van der Waals surface area (Å²) >= 11 is 0. The van der Waals surface area contributed by atoms with Gasteiger partial charge in [-0.1, -0.05) is 104 Å². The lowest BCUT2D eigenvalue weighted by molar-refractivity contribution is -0.137. The lowest BCUT2D eigenvalue weighted by atomic mass is 9.92. The maximum Gasteiger partial charge on any atom is 0.303 e. The van der Waals surface area contributed by atoms with Crippen LogP contribution in [0.2, 0.25) is 0 Å². The van der Waals surface area contributed by atoms with E-state index in [2.05, 4.69) is 13.8 Å². The Balaban J connectivity index is 3.27. The molecule has 1 N–H and O–H groups in total. The first-order valence-electron chi connectivity index (χ1n) is 9.92. The van der Waals surface area contributed by atoms with Gasteiger partial charge in [-0.25, -0.2) is 0 Å². The molecule has 0 radical (unpaired) electrons. The Kier molecular flexibility index (Phi) is 16.4. The highest BCUT2D eigenvalue weighted by molar-refractivity contribution is 5.66. The van der Waals surface area contributed by atoms with Crippen molar-refractivity contribution < 1.29 is 9.90 Å². The molecular formula is C20H40O2. The van der Waals surface area contributed by atoms with Crippen LogP contribution in [0, 0.1) is 5.92 Å². The average molecular weight is 313 g/mol. The standard InChI is InChI=1S/C20H40O2/c1-3-5-6-13-16-19(4-2)17-14-11-9-7-8-10-12-15-18-20(21)22/h19H,3-18H2,1-2H3,(H,21,22). The minimum absolute atomic E-state index is 0.344. The highest BCUT2D eigenvalue weighted by Gasteiger charge is 2.05. The van der Waals surface area contributed by atoms with Gasteiger partial charge in [-0.15, -0.1) is 0 Å². The van der Waals surface area contributed by atoms with E-state index < -0.39 is 5.97 Å². The maximum atomic E-state index is 10.4. The first-order valence-corrected chi connectivity index (χ1v) is 9.92. The van der Waals surface area contributed by atoms with E-state index in [4.69, 9.17) is 5.11 Å². The Bertz CT molecular complexity index is 238. The van der Waals surface area contributed by atoms with Gasteiger partial charge in [0.25, 0.3) is 0 Å². The van der Waals surface area contributed by atoms with Gasteiger partial charge in [0.15, 0.2) is 0 Å². The number of hydrogen-bond acceptors (Lipinski definition) is 1. The second kappa shape index (κ2) is 16.8. The van der Waals surface area contributed by atoms with E-state index >= 15 is 0 Å². The van der Waals surface area contributed by atoms with E-state index in [-0.39, 0.29) is 0 Å². The van der Waals surface area contributed by atoms with Gasteiger partial charge < -0.3 is 5.11 Å². The smallest absolute Gasteiger partial charge is 0.303 e. The van der Waals surface area contributed by atoms with Gasteiger partial charge in [0.2, 0.25) is 0 Å². The molecule has 0 aromatic rings. The second-order valence-electron chi connectivity index (χ2n) is 6.88. The first kappa shape index (κ1) is 21.5. The van der Waals surface area contributed by atoms with E-state index in [0.29, 0.717) is 6.42 Å². The molecule has 0 aliphatic rings. The Labute approximate surface area is 139 Å². The van der Waals surface area contributed by atoms with Crippen molar-refractivity contribution in [3.63, 3.8) is 0 Å². The van der Waals surface area contributed by atoms with Crippen LogP contribution in [0.1, 0.15) is 117 Å². The number of aliphatic carboxylic acids is 1. The van der Waals surface area contributed by atoms with E-state index in [0.717, 1.165) is 18.8 Å². The summed E-state index contributed by atoms with van der Waals surface area (Å²) in [5.41, 5.74) is 0. The van der Waals surface area contributed by atoms with Crippen LogP contribution in [0.25, 0.3) is 0 Å². The van der Waals surface area contributed by atoms with Gasteiger partial charge in [-0.3, -0.25) is 4.79 Å². The molecule has 0 aromatic heterocycles. The summed E-state index contributed by atoms with van der Waals surface area (Å²) in [6.45, 7) is 4.63. The highest BCUT2D eigenvalue weighted by Crippen LogP contribution is 2.21. The third kappa shape index (κ3) is 15.9. The zero-order valence-electron chi connectivity index (χ0n) is 15.2. The Morgan fingerprint density at radius 3 is 1.64 bits per heavy atom. The molecule has 0 spiro atoms. The molecule has 0 bridgehead atoms. The number of carboxylic acid groups (broad SMARTS) is 1. The molecule has 0 fully saturated rings. The molecule has 132 valence electrons. The van der Waals surface area contributed by atoms with Crippen molar-refractivity contribution in [2.45, 2.75) is 117 Å². The molecule has 0 heterocycles. The minimum Gasteiger partial charge on any atom is -0.481 e. The van der Waals surface area contributed by atoms with Gasteiger partial charge in [-0.2, -0.15) is 0 Å². The van der Waals surface area contributed by atoms with Crippen LogP contribution in [0.3, 0.4) is 0 Å². The van der Waals surface area contributed by atoms with Crippen LogP contribution in [-0.2, 0) is 4.79 Å². The summed E-state index contributed by atoms with van der Waals surface area (Å²) in [5.74, 6) is 0.313. The number of unbranched alkanes of at least 4 members (excludes halogenated alkanes) is 10. The predicted molar refractivity (Wildman–Crippen MR) is 96.3 cm³/mol. The number of rotatable bonds is 17. The molecular weight excluding hydrogens is 272 g/mol. The molecule has 0 amide bonds. The molecule has 0 aliphatic heterocycles. The zero-order chi connectivity index (χ0) is 16.5. The molecule has 2 heteroatoms. The van der Waals surface area contributed by atoms with Crippen LogP contribution in [0.5, 0.6) is 0 Å². The Morgan fingerprint density at radius 1 is 0.727 bits per heavy atom. The average Bonchev–Trinajstić information content (AvgIpc) is 2.50. The second-order valence-corrected chi connectivity index (χ2v) is 6.88. The van der Waals surface area contributed by atoms with Crippen molar-refractivity contribution in [2.75, 3.05) is 0 Å². The van der Waals surface area contributed by atoms with Crippen LogP contribution in [0.4, 0.5) is 0 Å². The fourth-order valence-electron chi connectivity index (χ4n) is 3.18. The molecule has 0 aliphatic carbocycles. The normalized spacial score (nSPS) is 12.5. The maximum absolute atomic E-state index is 10.4.